The molecule has 7 heteroatoms. The van der Waals surface area contributed by atoms with E-state index in [9.17, 15) is 14.9 Å². The van der Waals surface area contributed by atoms with Crippen LogP contribution in [0, 0.1) is 10.1 Å². The lowest BCUT2D eigenvalue weighted by Crippen LogP contribution is -2.49. The molecule has 18 heavy (non-hydrogen) atoms. The van der Waals surface area contributed by atoms with Crippen LogP contribution in [-0.4, -0.2) is 27.9 Å². The van der Waals surface area contributed by atoms with E-state index in [1.807, 2.05) is 0 Å². The molecule has 1 amide bonds. The quantitative estimate of drug-likeness (QED) is 0.548. The van der Waals surface area contributed by atoms with Gasteiger partial charge >= 0.3 is 5.82 Å². The molecule has 0 bridgehead atoms. The highest BCUT2D eigenvalue weighted by Crippen LogP contribution is 2.17. The van der Waals surface area contributed by atoms with E-state index in [1.165, 1.54) is 12.1 Å². The molecule has 1 aliphatic carbocycles. The number of hydrogen-bond acceptors (Lipinski definition) is 4. The van der Waals surface area contributed by atoms with Crippen LogP contribution in [0.15, 0.2) is 12.1 Å². The average Bonchev–Trinajstić information content (AvgIpc) is 2.81. The third kappa shape index (κ3) is 2.67. The summed E-state index contributed by atoms with van der Waals surface area (Å²) in [6, 6.07) is 2.60. The van der Waals surface area contributed by atoms with Crippen LogP contribution in [0.1, 0.15) is 36.2 Å². The number of aromatic nitrogens is 1. The summed E-state index contributed by atoms with van der Waals surface area (Å²) in [5.74, 6) is -0.529. The number of rotatable bonds is 3. The Morgan fingerprint density at radius 2 is 2.17 bits per heavy atom. The van der Waals surface area contributed by atoms with E-state index in [0.29, 0.717) is 0 Å². The zero-order valence-electron chi connectivity index (χ0n) is 9.89. The number of nitrogens with one attached hydrogen (secondary N) is 2. The Morgan fingerprint density at radius 1 is 1.44 bits per heavy atom. The molecule has 0 aliphatic heterocycles. The Kier molecular flexibility index (Phi) is 3.61. The number of nitrogens with two attached hydrogens (primary N) is 1. The normalized spacial score (nSPS) is 23.6. The number of aromatic amines is 1. The number of H-pyrrole nitrogens is 1. The molecular weight excluding hydrogens is 236 g/mol. The lowest BCUT2D eigenvalue weighted by Gasteiger charge is -2.28. The smallest absolute Gasteiger partial charge is 0.321 e. The highest BCUT2D eigenvalue weighted by atomic mass is 16.6. The first-order valence-electron chi connectivity index (χ1n) is 5.98. The van der Waals surface area contributed by atoms with Crippen LogP contribution in [0.2, 0.25) is 0 Å². The van der Waals surface area contributed by atoms with Crippen LogP contribution in [0.25, 0.3) is 0 Å². The number of nitrogens with zero attached hydrogens (tertiary/aromatic N) is 1. The first-order chi connectivity index (χ1) is 8.58. The van der Waals surface area contributed by atoms with Gasteiger partial charge in [0.05, 0.1) is 0 Å². The van der Waals surface area contributed by atoms with Crippen molar-refractivity contribution in [2.45, 2.75) is 37.8 Å². The second-order valence-electron chi connectivity index (χ2n) is 4.54. The molecule has 98 valence electrons. The highest BCUT2D eigenvalue weighted by Gasteiger charge is 2.25. The SMILES string of the molecule is N[C@@H]1CCCC[C@H]1NC(=O)c1ccc([N+](=O)[O-])[nH]1. The lowest BCUT2D eigenvalue weighted by atomic mass is 9.91. The van der Waals surface area contributed by atoms with Crippen molar-refractivity contribution in [1.29, 1.82) is 0 Å². The zero-order valence-corrected chi connectivity index (χ0v) is 9.89. The molecule has 2 rings (SSSR count). The van der Waals surface area contributed by atoms with E-state index < -0.39 is 4.92 Å². The summed E-state index contributed by atoms with van der Waals surface area (Å²) >= 11 is 0. The molecule has 1 fully saturated rings. The Balaban J connectivity index is 2.00. The van der Waals surface area contributed by atoms with Crippen molar-refractivity contribution < 1.29 is 9.72 Å². The van der Waals surface area contributed by atoms with Crippen molar-refractivity contribution in [2.24, 2.45) is 5.73 Å². The third-order valence-corrected chi connectivity index (χ3v) is 3.25. The van der Waals surface area contributed by atoms with Gasteiger partial charge in [-0.25, -0.2) is 4.98 Å². The number of carbonyl (C=O) groups excluding carboxylic acids is 1. The average molecular weight is 252 g/mol. The van der Waals surface area contributed by atoms with Crippen LogP contribution in [0.5, 0.6) is 0 Å². The monoisotopic (exact) mass is 252 g/mol. The van der Waals surface area contributed by atoms with Gasteiger partial charge < -0.3 is 21.2 Å². The Hall–Kier alpha value is -1.89. The Bertz CT molecular complexity index is 457. The maximum Gasteiger partial charge on any atom is 0.321 e. The van der Waals surface area contributed by atoms with Gasteiger partial charge in [-0.2, -0.15) is 0 Å². The first-order valence-corrected chi connectivity index (χ1v) is 5.98. The molecule has 7 nitrogen and oxygen atoms in total. The van der Waals surface area contributed by atoms with E-state index in [1.54, 1.807) is 0 Å². The Labute approximate surface area is 104 Å². The maximum absolute atomic E-state index is 11.9. The molecule has 1 aromatic rings. The van der Waals surface area contributed by atoms with Crippen LogP contribution in [-0.2, 0) is 0 Å². The highest BCUT2D eigenvalue weighted by molar-refractivity contribution is 5.93. The summed E-state index contributed by atoms with van der Waals surface area (Å²) in [4.78, 5) is 24.3. The molecule has 0 radical (unpaired) electrons. The molecule has 0 saturated heterocycles. The lowest BCUT2D eigenvalue weighted by molar-refractivity contribution is -0.389. The summed E-state index contributed by atoms with van der Waals surface area (Å²) in [7, 11) is 0. The van der Waals surface area contributed by atoms with Crippen molar-refractivity contribution in [3.05, 3.63) is 27.9 Å². The van der Waals surface area contributed by atoms with Crippen molar-refractivity contribution in [1.82, 2.24) is 10.3 Å². The molecule has 1 heterocycles. The topological polar surface area (TPSA) is 114 Å². The van der Waals surface area contributed by atoms with Crippen molar-refractivity contribution >= 4 is 11.7 Å². The fraction of sp³-hybridized carbons (Fsp3) is 0.545. The molecule has 1 aliphatic rings. The summed E-state index contributed by atoms with van der Waals surface area (Å²) < 4.78 is 0. The fourth-order valence-corrected chi connectivity index (χ4v) is 2.21. The van der Waals surface area contributed by atoms with Crippen LogP contribution >= 0.6 is 0 Å². The molecule has 4 N–H and O–H groups in total. The third-order valence-electron chi connectivity index (χ3n) is 3.25. The van der Waals surface area contributed by atoms with Crippen molar-refractivity contribution in [3.8, 4) is 0 Å². The van der Waals surface area contributed by atoms with Gasteiger partial charge in [-0.15, -0.1) is 0 Å². The zero-order chi connectivity index (χ0) is 13.1. The van der Waals surface area contributed by atoms with Gasteiger partial charge in [0.25, 0.3) is 5.91 Å². The van der Waals surface area contributed by atoms with Gasteiger partial charge in [-0.1, -0.05) is 12.8 Å². The molecular formula is C11H16N4O3. The predicted octanol–water partition coefficient (Wildman–Crippen LogP) is 0.923. The van der Waals surface area contributed by atoms with E-state index in [4.69, 9.17) is 5.73 Å². The van der Waals surface area contributed by atoms with Crippen LogP contribution in [0.4, 0.5) is 5.82 Å². The van der Waals surface area contributed by atoms with E-state index in [-0.39, 0.29) is 29.5 Å². The minimum absolute atomic E-state index is 0.0346. The summed E-state index contributed by atoms with van der Waals surface area (Å²) in [6.07, 6.45) is 3.89. The number of amides is 1. The maximum atomic E-state index is 11.9. The second kappa shape index (κ2) is 5.18. The van der Waals surface area contributed by atoms with Gasteiger partial charge in [0.1, 0.15) is 0 Å². The summed E-state index contributed by atoms with van der Waals surface area (Å²) in [5, 5.41) is 13.3. The summed E-state index contributed by atoms with van der Waals surface area (Å²) in [5.41, 5.74) is 6.12. The van der Waals surface area contributed by atoms with Crippen molar-refractivity contribution in [2.75, 3.05) is 0 Å². The van der Waals surface area contributed by atoms with Gasteiger partial charge in [-0.3, -0.25) is 4.79 Å². The van der Waals surface area contributed by atoms with Gasteiger partial charge in [0.2, 0.25) is 0 Å². The van der Waals surface area contributed by atoms with Gasteiger partial charge in [-0.05, 0) is 23.8 Å². The number of carbonyl (C=O) groups is 1. The van der Waals surface area contributed by atoms with E-state index in [2.05, 4.69) is 10.3 Å². The van der Waals surface area contributed by atoms with E-state index >= 15 is 0 Å². The standard InChI is InChI=1S/C11H16N4O3/c12-7-3-1-2-4-8(7)14-11(16)9-5-6-10(13-9)15(17)18/h5-8,13H,1-4,12H2,(H,14,16)/t7-,8-/m1/s1. The van der Waals surface area contributed by atoms with Crippen LogP contribution in [0.3, 0.4) is 0 Å². The van der Waals surface area contributed by atoms with E-state index in [0.717, 1.165) is 25.7 Å². The number of nitro groups is 1. The summed E-state index contributed by atoms with van der Waals surface area (Å²) in [6.45, 7) is 0. The molecule has 0 spiro atoms. The van der Waals surface area contributed by atoms with Gasteiger partial charge in [0, 0.05) is 18.2 Å². The number of hydrogen-bond donors (Lipinski definition) is 3. The van der Waals surface area contributed by atoms with Crippen molar-refractivity contribution in [3.63, 3.8) is 0 Å². The van der Waals surface area contributed by atoms with Crippen LogP contribution < -0.4 is 11.1 Å². The van der Waals surface area contributed by atoms with Gasteiger partial charge in [0.15, 0.2) is 5.69 Å². The predicted molar refractivity (Wildman–Crippen MR) is 65.1 cm³/mol. The second-order valence-corrected chi connectivity index (χ2v) is 4.54. The first kappa shape index (κ1) is 12.6. The largest absolute Gasteiger partial charge is 0.358 e. The Morgan fingerprint density at radius 3 is 2.78 bits per heavy atom. The molecule has 0 aromatic carbocycles. The fourth-order valence-electron chi connectivity index (χ4n) is 2.21. The minimum atomic E-state index is -0.566. The molecule has 0 unspecified atom stereocenters. The molecule has 1 saturated carbocycles. The molecule has 1 aromatic heterocycles. The molecule has 2 atom stereocenters. The minimum Gasteiger partial charge on any atom is -0.358 e.